The molecule has 0 amide bonds. The van der Waals surface area contributed by atoms with Crippen molar-refractivity contribution in [3.05, 3.63) is 76.3 Å². The van der Waals surface area contributed by atoms with Crippen LogP contribution in [0.5, 0.6) is 0 Å². The second-order valence-corrected chi connectivity index (χ2v) is 7.11. The van der Waals surface area contributed by atoms with Gasteiger partial charge in [-0.25, -0.2) is 4.79 Å². The predicted molar refractivity (Wildman–Crippen MR) is 123 cm³/mol. The van der Waals surface area contributed by atoms with Gasteiger partial charge in [0, 0.05) is 44.5 Å². The Hall–Kier alpha value is -3.94. The van der Waals surface area contributed by atoms with E-state index >= 15 is 0 Å². The molecule has 0 unspecified atom stereocenters. The molecule has 3 aromatic rings. The van der Waals surface area contributed by atoms with Crippen LogP contribution >= 0.6 is 0 Å². The summed E-state index contributed by atoms with van der Waals surface area (Å²) in [4.78, 5) is 25.1. The van der Waals surface area contributed by atoms with Crippen LogP contribution < -0.4 is 9.91 Å². The molecule has 0 bridgehead atoms. The number of rotatable bonds is 7. The van der Waals surface area contributed by atoms with Gasteiger partial charge in [-0.05, 0) is 48.0 Å². The molecule has 31 heavy (non-hydrogen) atoms. The summed E-state index contributed by atoms with van der Waals surface area (Å²) >= 11 is 0. The molecule has 0 N–H and O–H groups in total. The summed E-state index contributed by atoms with van der Waals surface area (Å²) < 4.78 is 5.22. The number of carbonyl (C=O) groups is 1. The third-order valence-electron chi connectivity index (χ3n) is 4.77. The minimum Gasteiger partial charge on any atom is -0.461 e. The number of anilines is 2. The summed E-state index contributed by atoms with van der Waals surface area (Å²) in [6.07, 6.45) is 0. The van der Waals surface area contributed by atoms with Crippen LogP contribution in [0.1, 0.15) is 12.5 Å². The molecule has 0 aliphatic carbocycles. The van der Waals surface area contributed by atoms with E-state index in [4.69, 9.17) is 4.74 Å². The molecular formula is C23H24N4O4. The van der Waals surface area contributed by atoms with Gasteiger partial charge in [0.2, 0.25) is 0 Å². The van der Waals surface area contributed by atoms with Crippen LogP contribution in [-0.4, -0.2) is 44.4 Å². The number of hydrazone groups is 1. The lowest BCUT2D eigenvalue weighted by Gasteiger charge is -2.16. The lowest BCUT2D eigenvalue weighted by atomic mass is 10.0. The van der Waals surface area contributed by atoms with Crippen LogP contribution in [-0.2, 0) is 9.53 Å². The second kappa shape index (κ2) is 9.25. The highest BCUT2D eigenvalue weighted by Gasteiger charge is 2.18. The zero-order chi connectivity index (χ0) is 22.5. The van der Waals surface area contributed by atoms with Gasteiger partial charge >= 0.3 is 5.97 Å². The quantitative estimate of drug-likeness (QED) is 0.246. The minimum absolute atomic E-state index is 0.0154. The molecule has 3 aromatic carbocycles. The van der Waals surface area contributed by atoms with Crippen molar-refractivity contribution < 1.29 is 14.5 Å². The average Bonchev–Trinajstić information content (AvgIpc) is 2.76. The van der Waals surface area contributed by atoms with Gasteiger partial charge in [0.1, 0.15) is 0 Å². The first-order valence-electron chi connectivity index (χ1n) is 9.75. The SMILES string of the molecule is CCOC(=O)/C(=N\N(C)c1ccc([N+](=O)[O-])cc1)c1ccc2cc(N(C)C)ccc2c1. The Morgan fingerprint density at radius 3 is 2.19 bits per heavy atom. The Labute approximate surface area is 180 Å². The molecule has 0 atom stereocenters. The monoisotopic (exact) mass is 420 g/mol. The fourth-order valence-corrected chi connectivity index (χ4v) is 3.07. The van der Waals surface area contributed by atoms with Crippen molar-refractivity contribution in [1.82, 2.24) is 0 Å². The number of nitrogens with zero attached hydrogens (tertiary/aromatic N) is 4. The number of ether oxygens (including phenoxy) is 1. The van der Waals surface area contributed by atoms with E-state index in [-0.39, 0.29) is 18.0 Å². The maximum Gasteiger partial charge on any atom is 0.359 e. The van der Waals surface area contributed by atoms with Crippen molar-refractivity contribution in [3.8, 4) is 0 Å². The van der Waals surface area contributed by atoms with Gasteiger partial charge in [0.05, 0.1) is 17.2 Å². The Kier molecular flexibility index (Phi) is 6.49. The molecule has 3 rings (SSSR count). The van der Waals surface area contributed by atoms with E-state index in [9.17, 15) is 14.9 Å². The maximum absolute atomic E-state index is 12.7. The molecule has 160 valence electrons. The van der Waals surface area contributed by atoms with Gasteiger partial charge in [-0.2, -0.15) is 5.10 Å². The highest BCUT2D eigenvalue weighted by Crippen LogP contribution is 2.24. The average molecular weight is 420 g/mol. The molecular weight excluding hydrogens is 396 g/mol. The molecule has 0 aliphatic rings. The third kappa shape index (κ3) is 4.98. The fourth-order valence-electron chi connectivity index (χ4n) is 3.07. The number of nitro groups is 1. The number of non-ortho nitro benzene ring substituents is 1. The van der Waals surface area contributed by atoms with Crippen molar-refractivity contribution in [1.29, 1.82) is 0 Å². The van der Waals surface area contributed by atoms with Crippen molar-refractivity contribution in [3.63, 3.8) is 0 Å². The normalized spacial score (nSPS) is 11.3. The molecule has 0 saturated carbocycles. The number of fused-ring (bicyclic) bond motifs is 1. The summed E-state index contributed by atoms with van der Waals surface area (Å²) in [5, 5.41) is 18.8. The Bertz CT molecular complexity index is 1140. The number of hydrogen-bond acceptors (Lipinski definition) is 7. The number of benzene rings is 3. The first-order valence-corrected chi connectivity index (χ1v) is 9.75. The molecule has 0 spiro atoms. The lowest BCUT2D eigenvalue weighted by molar-refractivity contribution is -0.384. The van der Waals surface area contributed by atoms with E-state index < -0.39 is 10.9 Å². The molecule has 0 heterocycles. The van der Waals surface area contributed by atoms with Crippen molar-refractivity contribution in [2.75, 3.05) is 37.7 Å². The summed E-state index contributed by atoms with van der Waals surface area (Å²) in [5.74, 6) is -0.541. The van der Waals surface area contributed by atoms with E-state index in [1.165, 1.54) is 17.1 Å². The fraction of sp³-hybridized carbons (Fsp3) is 0.217. The minimum atomic E-state index is -0.541. The van der Waals surface area contributed by atoms with Gasteiger partial charge in [-0.15, -0.1) is 0 Å². The summed E-state index contributed by atoms with van der Waals surface area (Å²) in [6.45, 7) is 1.96. The van der Waals surface area contributed by atoms with E-state index in [1.807, 2.05) is 49.3 Å². The molecule has 8 nitrogen and oxygen atoms in total. The largest absolute Gasteiger partial charge is 0.461 e. The van der Waals surface area contributed by atoms with Gasteiger partial charge in [0.15, 0.2) is 5.71 Å². The topological polar surface area (TPSA) is 88.3 Å². The lowest BCUT2D eigenvalue weighted by Crippen LogP contribution is -2.23. The maximum atomic E-state index is 12.7. The highest BCUT2D eigenvalue weighted by atomic mass is 16.6. The summed E-state index contributed by atoms with van der Waals surface area (Å²) in [5.41, 5.74) is 2.44. The van der Waals surface area contributed by atoms with Crippen LogP contribution in [0, 0.1) is 10.1 Å². The third-order valence-corrected chi connectivity index (χ3v) is 4.77. The zero-order valence-corrected chi connectivity index (χ0v) is 17.9. The smallest absolute Gasteiger partial charge is 0.359 e. The number of nitro benzene ring substituents is 1. The number of hydrogen-bond donors (Lipinski definition) is 0. The Balaban J connectivity index is 2.00. The van der Waals surface area contributed by atoms with Crippen LogP contribution in [0.4, 0.5) is 17.1 Å². The van der Waals surface area contributed by atoms with Crippen LogP contribution in [0.15, 0.2) is 65.8 Å². The van der Waals surface area contributed by atoms with Crippen LogP contribution in [0.2, 0.25) is 0 Å². The van der Waals surface area contributed by atoms with Gasteiger partial charge in [0.25, 0.3) is 5.69 Å². The van der Waals surface area contributed by atoms with Gasteiger partial charge in [-0.1, -0.05) is 18.2 Å². The highest BCUT2D eigenvalue weighted by molar-refractivity contribution is 6.43. The van der Waals surface area contributed by atoms with Gasteiger partial charge < -0.3 is 9.64 Å². The van der Waals surface area contributed by atoms with Gasteiger partial charge in [-0.3, -0.25) is 15.1 Å². The Morgan fingerprint density at radius 1 is 0.968 bits per heavy atom. The number of carbonyl (C=O) groups excluding carboxylic acids is 1. The molecule has 0 fully saturated rings. The molecule has 0 aliphatic heterocycles. The first kappa shape index (κ1) is 21.8. The molecule has 8 heteroatoms. The summed E-state index contributed by atoms with van der Waals surface area (Å²) in [7, 11) is 5.63. The van der Waals surface area contributed by atoms with E-state index in [0.717, 1.165) is 16.5 Å². The van der Waals surface area contributed by atoms with Crippen molar-refractivity contribution >= 4 is 39.5 Å². The van der Waals surface area contributed by atoms with E-state index in [0.29, 0.717) is 11.3 Å². The molecule has 0 saturated heterocycles. The number of esters is 1. The first-order chi connectivity index (χ1) is 14.8. The standard InChI is InChI=1S/C23H24N4O4/c1-5-31-23(28)22(24-26(4)19-10-12-20(13-11-19)27(29)30)18-7-6-17-15-21(25(2)3)9-8-16(17)14-18/h6-15H,5H2,1-4H3/b24-22-. The Morgan fingerprint density at radius 2 is 1.58 bits per heavy atom. The van der Waals surface area contributed by atoms with E-state index in [1.54, 1.807) is 26.1 Å². The van der Waals surface area contributed by atoms with Crippen molar-refractivity contribution in [2.24, 2.45) is 5.10 Å². The van der Waals surface area contributed by atoms with Crippen LogP contribution in [0.3, 0.4) is 0 Å². The molecule has 0 aromatic heterocycles. The zero-order valence-electron chi connectivity index (χ0n) is 17.9. The van der Waals surface area contributed by atoms with Crippen LogP contribution in [0.25, 0.3) is 10.8 Å². The molecule has 0 radical (unpaired) electrons. The predicted octanol–water partition coefficient (Wildman–Crippen LogP) is 4.22. The summed E-state index contributed by atoms with van der Waals surface area (Å²) in [6, 6.07) is 17.7. The van der Waals surface area contributed by atoms with Crippen molar-refractivity contribution in [2.45, 2.75) is 6.92 Å². The second-order valence-electron chi connectivity index (χ2n) is 7.11. The van der Waals surface area contributed by atoms with E-state index in [2.05, 4.69) is 11.2 Å².